The van der Waals surface area contributed by atoms with E-state index in [9.17, 15) is 8.78 Å². The molecule has 0 saturated carbocycles. The molecule has 1 unspecified atom stereocenters. The summed E-state index contributed by atoms with van der Waals surface area (Å²) in [5.41, 5.74) is 0.799. The van der Waals surface area contributed by atoms with Crippen molar-refractivity contribution in [1.29, 1.82) is 0 Å². The maximum absolute atomic E-state index is 13.9. The normalized spacial score (nSPS) is 13.7. The highest BCUT2D eigenvalue weighted by atomic mass is 32.2. The van der Waals surface area contributed by atoms with E-state index in [-0.39, 0.29) is 22.4 Å². The predicted molar refractivity (Wildman–Crippen MR) is 74.6 cm³/mol. The number of halogens is 2. The van der Waals surface area contributed by atoms with Crippen LogP contribution in [0.5, 0.6) is 0 Å². The zero-order chi connectivity index (χ0) is 13.9. The molecule has 0 saturated heterocycles. The molecule has 1 aromatic rings. The Morgan fingerprint density at radius 2 is 1.83 bits per heavy atom. The Balaban J connectivity index is 2.86. The summed E-state index contributed by atoms with van der Waals surface area (Å²) in [4.78, 5) is 0. The van der Waals surface area contributed by atoms with Crippen molar-refractivity contribution in [3.8, 4) is 0 Å². The van der Waals surface area contributed by atoms with Crippen molar-refractivity contribution in [3.63, 3.8) is 0 Å². The van der Waals surface area contributed by atoms with Crippen molar-refractivity contribution in [2.45, 2.75) is 51.8 Å². The molecule has 0 amide bonds. The standard InChI is InChI=1S/C14H21F2NS/c1-6-10-7-13(16)11(8-12(10)15)9(2)17-18-14(3,4)5/h7-9,17H,6H2,1-5H3. The van der Waals surface area contributed by atoms with Crippen LogP contribution in [0.2, 0.25) is 0 Å². The number of aryl methyl sites for hydroxylation is 1. The van der Waals surface area contributed by atoms with Crippen molar-refractivity contribution >= 4 is 11.9 Å². The van der Waals surface area contributed by atoms with Gasteiger partial charge < -0.3 is 0 Å². The van der Waals surface area contributed by atoms with Crippen LogP contribution in [-0.4, -0.2) is 4.75 Å². The van der Waals surface area contributed by atoms with E-state index in [0.717, 1.165) is 0 Å². The number of rotatable bonds is 4. The molecule has 1 N–H and O–H groups in total. The fraction of sp³-hybridized carbons (Fsp3) is 0.571. The fourth-order valence-electron chi connectivity index (χ4n) is 1.53. The maximum Gasteiger partial charge on any atom is 0.128 e. The molecule has 0 bridgehead atoms. The SMILES string of the molecule is CCc1cc(F)c(C(C)NSC(C)(C)C)cc1F. The molecule has 102 valence electrons. The van der Waals surface area contributed by atoms with Gasteiger partial charge in [-0.25, -0.2) is 8.78 Å². The Bertz CT molecular complexity index is 413. The molecule has 1 rings (SSSR count). The first-order valence-corrected chi connectivity index (χ1v) is 6.97. The van der Waals surface area contributed by atoms with Crippen LogP contribution in [0.1, 0.15) is 51.8 Å². The molecule has 0 aliphatic rings. The first-order valence-electron chi connectivity index (χ1n) is 6.16. The van der Waals surface area contributed by atoms with Gasteiger partial charge in [0.1, 0.15) is 11.6 Å². The molecule has 0 aliphatic heterocycles. The monoisotopic (exact) mass is 273 g/mol. The van der Waals surface area contributed by atoms with Crippen molar-refractivity contribution in [2.24, 2.45) is 0 Å². The highest BCUT2D eigenvalue weighted by molar-refractivity contribution is 7.98. The summed E-state index contributed by atoms with van der Waals surface area (Å²) in [6.07, 6.45) is 0.502. The Morgan fingerprint density at radius 3 is 2.33 bits per heavy atom. The van der Waals surface area contributed by atoms with Crippen molar-refractivity contribution in [1.82, 2.24) is 4.72 Å². The number of hydrogen-bond acceptors (Lipinski definition) is 2. The lowest BCUT2D eigenvalue weighted by molar-refractivity contribution is 0.555. The zero-order valence-corrected chi connectivity index (χ0v) is 12.4. The quantitative estimate of drug-likeness (QED) is 0.803. The first kappa shape index (κ1) is 15.4. The molecular weight excluding hydrogens is 252 g/mol. The van der Waals surface area contributed by atoms with Gasteiger partial charge in [-0.15, -0.1) is 0 Å². The summed E-state index contributed by atoms with van der Waals surface area (Å²) in [6, 6.07) is 2.37. The minimum absolute atomic E-state index is 0.0344. The average molecular weight is 273 g/mol. The molecule has 0 spiro atoms. The van der Waals surface area contributed by atoms with Gasteiger partial charge in [-0.3, -0.25) is 4.72 Å². The van der Waals surface area contributed by atoms with Crippen LogP contribution in [0.15, 0.2) is 12.1 Å². The second kappa shape index (κ2) is 6.02. The van der Waals surface area contributed by atoms with Gasteiger partial charge in [0.15, 0.2) is 0 Å². The molecule has 1 aromatic carbocycles. The van der Waals surface area contributed by atoms with Crippen molar-refractivity contribution in [2.75, 3.05) is 0 Å². The van der Waals surface area contributed by atoms with Gasteiger partial charge in [0.05, 0.1) is 0 Å². The number of nitrogens with one attached hydrogen (secondary N) is 1. The molecular formula is C14H21F2NS. The highest BCUT2D eigenvalue weighted by Gasteiger charge is 2.17. The Morgan fingerprint density at radius 1 is 1.22 bits per heavy atom. The second-order valence-corrected chi connectivity index (χ2v) is 7.04. The minimum atomic E-state index is -0.345. The van der Waals surface area contributed by atoms with Crippen LogP contribution in [-0.2, 0) is 6.42 Å². The third-order valence-corrected chi connectivity index (χ3v) is 3.64. The molecule has 0 fully saturated rings. The Hall–Kier alpha value is -0.610. The van der Waals surface area contributed by atoms with E-state index in [4.69, 9.17) is 0 Å². The van der Waals surface area contributed by atoms with Gasteiger partial charge in [0.25, 0.3) is 0 Å². The molecule has 0 heterocycles. The topological polar surface area (TPSA) is 12.0 Å². The fourth-order valence-corrected chi connectivity index (χ4v) is 2.19. The van der Waals surface area contributed by atoms with Crippen molar-refractivity contribution < 1.29 is 8.78 Å². The summed E-state index contributed by atoms with van der Waals surface area (Å²) < 4.78 is 30.7. The molecule has 4 heteroatoms. The Kier molecular flexibility index (Phi) is 5.17. The third-order valence-electron chi connectivity index (χ3n) is 2.56. The van der Waals surface area contributed by atoms with E-state index in [1.54, 1.807) is 0 Å². The average Bonchev–Trinajstić information content (AvgIpc) is 2.27. The van der Waals surface area contributed by atoms with E-state index in [0.29, 0.717) is 17.5 Å². The lowest BCUT2D eigenvalue weighted by Crippen LogP contribution is -2.20. The minimum Gasteiger partial charge on any atom is -0.256 e. The van der Waals surface area contributed by atoms with E-state index in [1.807, 2.05) is 13.8 Å². The molecule has 0 aromatic heterocycles. The van der Waals surface area contributed by atoms with Crippen LogP contribution in [0, 0.1) is 11.6 Å². The van der Waals surface area contributed by atoms with Gasteiger partial charge in [-0.05, 0) is 51.8 Å². The van der Waals surface area contributed by atoms with Crippen LogP contribution in [0.25, 0.3) is 0 Å². The first-order chi connectivity index (χ1) is 8.24. The molecule has 0 aliphatic carbocycles. The summed E-state index contributed by atoms with van der Waals surface area (Å²) >= 11 is 1.52. The van der Waals surface area contributed by atoms with Crippen LogP contribution < -0.4 is 4.72 Å². The molecule has 1 atom stereocenters. The van der Waals surface area contributed by atoms with E-state index in [1.165, 1.54) is 24.1 Å². The second-order valence-electron chi connectivity index (χ2n) is 5.37. The maximum atomic E-state index is 13.9. The predicted octanol–water partition coefficient (Wildman–Crippen LogP) is 4.62. The smallest absolute Gasteiger partial charge is 0.128 e. The number of benzene rings is 1. The van der Waals surface area contributed by atoms with Crippen molar-refractivity contribution in [3.05, 3.63) is 34.9 Å². The van der Waals surface area contributed by atoms with Gasteiger partial charge in [-0.1, -0.05) is 18.9 Å². The Labute approximate surface area is 112 Å². The van der Waals surface area contributed by atoms with E-state index < -0.39 is 0 Å². The lowest BCUT2D eigenvalue weighted by Gasteiger charge is -2.22. The van der Waals surface area contributed by atoms with Gasteiger partial charge in [0.2, 0.25) is 0 Å². The highest BCUT2D eigenvalue weighted by Crippen LogP contribution is 2.27. The molecule has 0 radical (unpaired) electrons. The van der Waals surface area contributed by atoms with Gasteiger partial charge in [0, 0.05) is 16.4 Å². The van der Waals surface area contributed by atoms with Crippen LogP contribution in [0.3, 0.4) is 0 Å². The summed E-state index contributed by atoms with van der Waals surface area (Å²) in [7, 11) is 0. The number of hydrogen-bond donors (Lipinski definition) is 1. The summed E-state index contributed by atoms with van der Waals surface area (Å²) in [5.74, 6) is -0.675. The largest absolute Gasteiger partial charge is 0.256 e. The van der Waals surface area contributed by atoms with E-state index in [2.05, 4.69) is 25.5 Å². The van der Waals surface area contributed by atoms with Gasteiger partial charge >= 0.3 is 0 Å². The lowest BCUT2D eigenvalue weighted by atomic mass is 10.0. The van der Waals surface area contributed by atoms with Crippen LogP contribution in [0.4, 0.5) is 8.78 Å². The third kappa shape index (κ3) is 4.25. The van der Waals surface area contributed by atoms with E-state index >= 15 is 0 Å². The zero-order valence-electron chi connectivity index (χ0n) is 11.6. The van der Waals surface area contributed by atoms with Gasteiger partial charge in [-0.2, -0.15) is 0 Å². The molecule has 1 nitrogen and oxygen atoms in total. The summed E-state index contributed by atoms with van der Waals surface area (Å²) in [6.45, 7) is 9.84. The molecule has 18 heavy (non-hydrogen) atoms. The van der Waals surface area contributed by atoms with Crippen LogP contribution >= 0.6 is 11.9 Å². The summed E-state index contributed by atoms with van der Waals surface area (Å²) in [5, 5.41) is 0.